The third kappa shape index (κ3) is 6.94. The van der Waals surface area contributed by atoms with Crippen molar-refractivity contribution < 1.29 is 14.4 Å². The lowest BCUT2D eigenvalue weighted by Gasteiger charge is -2.15. The smallest absolute Gasteiger partial charge is 0.256 e. The molecule has 0 saturated heterocycles. The standard InChI is InChI=1S/C27H21N3O3S6/c31-25(16-4-1-7-19(34)22(16)37)28-13-10-14(29-26(32)17-5-2-8-20(35)23(17)38)12-15(11-13)30-27(33)18-6-3-9-21(36)24(18)39/h1-12,34-39H,(H,28,31)(H,29,32)(H,30,33). The Morgan fingerprint density at radius 1 is 0.436 bits per heavy atom. The Kier molecular flexibility index (Phi) is 9.57. The van der Waals surface area contributed by atoms with Gasteiger partial charge in [0.1, 0.15) is 0 Å². The topological polar surface area (TPSA) is 87.3 Å². The van der Waals surface area contributed by atoms with E-state index >= 15 is 0 Å². The fraction of sp³-hybridized carbons (Fsp3) is 0. The van der Waals surface area contributed by atoms with E-state index in [-0.39, 0.29) is 0 Å². The van der Waals surface area contributed by atoms with Crippen molar-refractivity contribution in [3.8, 4) is 0 Å². The molecule has 0 atom stereocenters. The highest BCUT2D eigenvalue weighted by molar-refractivity contribution is 7.84. The quantitative estimate of drug-likeness (QED) is 0.106. The molecule has 0 heterocycles. The predicted molar refractivity (Wildman–Crippen MR) is 173 cm³/mol. The van der Waals surface area contributed by atoms with Gasteiger partial charge >= 0.3 is 0 Å². The molecule has 12 heteroatoms. The van der Waals surface area contributed by atoms with Crippen LogP contribution in [0, 0.1) is 0 Å². The molecule has 0 unspecified atom stereocenters. The summed E-state index contributed by atoms with van der Waals surface area (Å²) in [5.74, 6) is -1.34. The largest absolute Gasteiger partial charge is 0.322 e. The third-order valence-corrected chi connectivity index (χ3v) is 8.58. The van der Waals surface area contributed by atoms with E-state index in [4.69, 9.17) is 0 Å². The molecule has 6 nitrogen and oxygen atoms in total. The molecule has 0 saturated carbocycles. The Hall–Kier alpha value is -2.61. The predicted octanol–water partition coefficient (Wildman–Crippen LogP) is 7.18. The summed E-state index contributed by atoms with van der Waals surface area (Å²) in [7, 11) is 0. The number of carbonyl (C=O) groups is 3. The summed E-state index contributed by atoms with van der Waals surface area (Å²) in [6.07, 6.45) is 0. The van der Waals surface area contributed by atoms with E-state index in [1.165, 1.54) is 0 Å². The van der Waals surface area contributed by atoms with Crippen molar-refractivity contribution in [2.24, 2.45) is 0 Å². The molecule has 4 aromatic rings. The maximum Gasteiger partial charge on any atom is 0.256 e. The van der Waals surface area contributed by atoms with Crippen LogP contribution in [0.25, 0.3) is 0 Å². The molecule has 3 N–H and O–H groups in total. The van der Waals surface area contributed by atoms with Crippen LogP contribution in [-0.4, -0.2) is 17.7 Å². The minimum atomic E-state index is -0.447. The van der Waals surface area contributed by atoms with Crippen LogP contribution in [0.2, 0.25) is 0 Å². The van der Waals surface area contributed by atoms with Gasteiger partial charge in [-0.1, -0.05) is 18.2 Å². The van der Waals surface area contributed by atoms with Crippen LogP contribution in [-0.2, 0) is 0 Å². The summed E-state index contributed by atoms with van der Waals surface area (Å²) in [4.78, 5) is 42.0. The first-order valence-corrected chi connectivity index (χ1v) is 13.9. The molecule has 198 valence electrons. The van der Waals surface area contributed by atoms with Crippen molar-refractivity contribution in [3.63, 3.8) is 0 Å². The van der Waals surface area contributed by atoms with Gasteiger partial charge in [-0.3, -0.25) is 14.4 Å². The molecule has 4 aromatic carbocycles. The molecule has 39 heavy (non-hydrogen) atoms. The molecule has 0 aromatic heterocycles. The summed E-state index contributed by atoms with van der Waals surface area (Å²) in [5, 5.41) is 8.39. The fourth-order valence-corrected chi connectivity index (χ4v) is 4.95. The first-order valence-electron chi connectivity index (χ1n) is 11.2. The molecule has 0 fully saturated rings. The average molecular weight is 628 g/mol. The zero-order valence-electron chi connectivity index (χ0n) is 19.8. The third-order valence-electron chi connectivity index (χ3n) is 5.48. The van der Waals surface area contributed by atoms with E-state index in [1.807, 2.05) is 0 Å². The second kappa shape index (κ2) is 12.7. The number of anilines is 3. The van der Waals surface area contributed by atoms with Crippen LogP contribution < -0.4 is 16.0 Å². The van der Waals surface area contributed by atoms with Gasteiger partial charge in [0, 0.05) is 46.4 Å². The number of nitrogens with one attached hydrogen (secondary N) is 3. The first-order chi connectivity index (χ1) is 18.5. The number of thiol groups is 6. The van der Waals surface area contributed by atoms with Crippen molar-refractivity contribution in [2.45, 2.75) is 29.4 Å². The summed E-state index contributed by atoms with van der Waals surface area (Å²) in [5.41, 5.74) is 1.86. The molecule has 4 rings (SSSR count). The van der Waals surface area contributed by atoms with Gasteiger partial charge < -0.3 is 16.0 Å². The van der Waals surface area contributed by atoms with Crippen molar-refractivity contribution in [2.75, 3.05) is 16.0 Å². The van der Waals surface area contributed by atoms with E-state index in [9.17, 15) is 14.4 Å². The van der Waals surface area contributed by atoms with Gasteiger partial charge in [-0.15, -0.1) is 75.8 Å². The van der Waals surface area contributed by atoms with Gasteiger partial charge in [0.2, 0.25) is 0 Å². The molecule has 0 aliphatic carbocycles. The summed E-state index contributed by atoms with van der Waals surface area (Å²) in [6.45, 7) is 0. The molecular weight excluding hydrogens is 607 g/mol. The van der Waals surface area contributed by atoms with Crippen molar-refractivity contribution in [1.82, 2.24) is 0 Å². The number of rotatable bonds is 6. The Labute approximate surface area is 258 Å². The number of hydrogen-bond donors (Lipinski definition) is 9. The van der Waals surface area contributed by atoms with Crippen molar-refractivity contribution in [1.29, 1.82) is 0 Å². The monoisotopic (exact) mass is 627 g/mol. The second-order valence-corrected chi connectivity index (χ2v) is 11.0. The van der Waals surface area contributed by atoms with E-state index in [2.05, 4.69) is 91.7 Å². The zero-order chi connectivity index (χ0) is 28.3. The van der Waals surface area contributed by atoms with Gasteiger partial charge in [-0.25, -0.2) is 0 Å². The highest BCUT2D eigenvalue weighted by Gasteiger charge is 2.17. The van der Waals surface area contributed by atoms with Gasteiger partial charge in [0.25, 0.3) is 17.7 Å². The van der Waals surface area contributed by atoms with Crippen LogP contribution in [0.3, 0.4) is 0 Å². The first kappa shape index (κ1) is 29.4. The van der Waals surface area contributed by atoms with E-state index in [0.29, 0.717) is 63.1 Å². The fourth-order valence-electron chi connectivity index (χ4n) is 3.58. The van der Waals surface area contributed by atoms with Gasteiger partial charge in [-0.05, 0) is 54.6 Å². The number of carbonyl (C=O) groups excluding carboxylic acids is 3. The molecular formula is C27H21N3O3S6. The molecule has 0 radical (unpaired) electrons. The SMILES string of the molecule is O=C(Nc1cc(NC(=O)c2cccc(S)c2S)cc(NC(=O)c2cccc(S)c2S)c1)c1cccc(S)c1S. The lowest BCUT2D eigenvalue weighted by atomic mass is 10.1. The average Bonchev–Trinajstić information content (AvgIpc) is 2.88. The van der Waals surface area contributed by atoms with Crippen LogP contribution in [0.4, 0.5) is 17.1 Å². The number of hydrogen-bond acceptors (Lipinski definition) is 9. The second-order valence-electron chi connectivity index (χ2n) is 8.18. The lowest BCUT2D eigenvalue weighted by Crippen LogP contribution is -2.17. The molecule has 0 aliphatic rings. The summed E-state index contributed by atoms with van der Waals surface area (Å²) < 4.78 is 0. The zero-order valence-corrected chi connectivity index (χ0v) is 25.2. The summed E-state index contributed by atoms with van der Waals surface area (Å²) in [6, 6.07) is 19.8. The Bertz CT molecular complexity index is 1430. The van der Waals surface area contributed by atoms with E-state index in [0.717, 1.165) is 0 Å². The molecule has 0 aliphatic heterocycles. The van der Waals surface area contributed by atoms with E-state index in [1.54, 1.807) is 72.8 Å². The highest BCUT2D eigenvalue weighted by atomic mass is 32.1. The van der Waals surface area contributed by atoms with Gasteiger partial charge in [0.15, 0.2) is 0 Å². The normalized spacial score (nSPS) is 10.6. The number of benzene rings is 4. The van der Waals surface area contributed by atoms with Gasteiger partial charge in [-0.2, -0.15) is 0 Å². The van der Waals surface area contributed by atoms with Crippen LogP contribution in [0.15, 0.2) is 102 Å². The lowest BCUT2D eigenvalue weighted by molar-refractivity contribution is 0.101. The van der Waals surface area contributed by atoms with Crippen LogP contribution in [0.5, 0.6) is 0 Å². The van der Waals surface area contributed by atoms with Crippen LogP contribution in [0.1, 0.15) is 31.1 Å². The van der Waals surface area contributed by atoms with Crippen molar-refractivity contribution >= 4 is 111 Å². The molecule has 0 spiro atoms. The Morgan fingerprint density at radius 3 is 0.949 bits per heavy atom. The Balaban J connectivity index is 1.69. The maximum absolute atomic E-state index is 13.1. The minimum absolute atomic E-state index is 0.307. The minimum Gasteiger partial charge on any atom is -0.322 e. The number of amides is 3. The van der Waals surface area contributed by atoms with Crippen LogP contribution >= 0.6 is 75.8 Å². The van der Waals surface area contributed by atoms with Gasteiger partial charge in [0.05, 0.1) is 16.7 Å². The molecule has 3 amide bonds. The maximum atomic E-state index is 13.1. The summed E-state index contributed by atoms with van der Waals surface area (Å²) >= 11 is 26.1. The van der Waals surface area contributed by atoms with E-state index < -0.39 is 17.7 Å². The highest BCUT2D eigenvalue weighted by Crippen LogP contribution is 2.29. The molecule has 0 bridgehead atoms. The van der Waals surface area contributed by atoms with Crippen molar-refractivity contribution in [3.05, 3.63) is 89.5 Å². The Morgan fingerprint density at radius 2 is 0.692 bits per heavy atom.